The molecule has 5 rings (SSSR count). The van der Waals surface area contributed by atoms with Gasteiger partial charge in [-0.3, -0.25) is 4.79 Å². The number of thioether (sulfide) groups is 1. The Morgan fingerprint density at radius 3 is 2.07 bits per heavy atom. The number of hydrogen-bond acceptors (Lipinski definition) is 6. The SMILES string of the molecule is CC(C)(C)OOC(CC(=O)SC1CC2CCC1(CS(=O)(=O)N(C1CCCCC1)C1CCCCC1)C2(C)C)c1ccccc1. The molecule has 4 saturated carbocycles. The fourth-order valence-electron chi connectivity index (χ4n) is 8.76. The van der Waals surface area contributed by atoms with E-state index in [0.717, 1.165) is 76.2 Å². The van der Waals surface area contributed by atoms with Crippen LogP contribution < -0.4 is 0 Å². The maximum atomic E-state index is 14.7. The van der Waals surface area contributed by atoms with Gasteiger partial charge in [-0.15, -0.1) is 0 Å². The normalized spacial score (nSPS) is 29.3. The fraction of sp³-hybridized carbons (Fsp3) is 0.800. The smallest absolute Gasteiger partial charge is 0.215 e. The summed E-state index contributed by atoms with van der Waals surface area (Å²) >= 11 is 1.39. The second-order valence-electron chi connectivity index (χ2n) is 15.4. The molecule has 43 heavy (non-hydrogen) atoms. The highest BCUT2D eigenvalue weighted by Gasteiger charge is 2.66. The van der Waals surface area contributed by atoms with Crippen molar-refractivity contribution in [3.63, 3.8) is 0 Å². The van der Waals surface area contributed by atoms with Crippen LogP contribution in [0.4, 0.5) is 0 Å². The number of benzene rings is 1. The van der Waals surface area contributed by atoms with E-state index in [1.807, 2.05) is 55.4 Å². The molecular formula is C35H55NO5S2. The lowest BCUT2D eigenvalue weighted by atomic mass is 9.70. The quantitative estimate of drug-likeness (QED) is 0.179. The van der Waals surface area contributed by atoms with Gasteiger partial charge in [-0.1, -0.05) is 94.5 Å². The van der Waals surface area contributed by atoms with Crippen molar-refractivity contribution in [2.45, 2.75) is 154 Å². The zero-order chi connectivity index (χ0) is 30.9. The first kappa shape index (κ1) is 33.4. The number of carbonyl (C=O) groups excluding carboxylic acids is 1. The summed E-state index contributed by atoms with van der Waals surface area (Å²) in [5.74, 6) is 0.615. The molecule has 242 valence electrons. The van der Waals surface area contributed by atoms with Gasteiger partial charge >= 0.3 is 0 Å². The fourth-order valence-corrected chi connectivity index (χ4v) is 13.3. The number of rotatable bonds is 11. The van der Waals surface area contributed by atoms with Crippen molar-refractivity contribution in [3.05, 3.63) is 35.9 Å². The van der Waals surface area contributed by atoms with Gasteiger partial charge in [-0.05, 0) is 82.6 Å². The van der Waals surface area contributed by atoms with Crippen LogP contribution in [0.2, 0.25) is 0 Å². The summed E-state index contributed by atoms with van der Waals surface area (Å²) in [4.78, 5) is 25.3. The summed E-state index contributed by atoms with van der Waals surface area (Å²) in [5.41, 5.74) is -0.141. The highest BCUT2D eigenvalue weighted by molar-refractivity contribution is 8.14. The van der Waals surface area contributed by atoms with E-state index >= 15 is 0 Å². The van der Waals surface area contributed by atoms with Crippen molar-refractivity contribution in [2.24, 2.45) is 16.7 Å². The first-order valence-corrected chi connectivity index (χ1v) is 19.4. The molecule has 1 aromatic carbocycles. The maximum absolute atomic E-state index is 14.7. The molecule has 0 spiro atoms. The Kier molecular flexibility index (Phi) is 10.4. The van der Waals surface area contributed by atoms with Crippen LogP contribution in [0.15, 0.2) is 30.3 Å². The van der Waals surface area contributed by atoms with Gasteiger partial charge in [0.25, 0.3) is 0 Å². The number of sulfonamides is 1. The van der Waals surface area contributed by atoms with Crippen molar-refractivity contribution < 1.29 is 23.0 Å². The summed E-state index contributed by atoms with van der Waals surface area (Å²) in [7, 11) is -3.52. The third-order valence-corrected chi connectivity index (χ3v) is 14.7. The highest BCUT2D eigenvalue weighted by atomic mass is 32.2. The summed E-state index contributed by atoms with van der Waals surface area (Å²) in [6.07, 6.45) is 13.4. The third kappa shape index (κ3) is 7.40. The number of hydrogen-bond donors (Lipinski definition) is 0. The van der Waals surface area contributed by atoms with Crippen molar-refractivity contribution in [1.82, 2.24) is 4.31 Å². The minimum absolute atomic E-state index is 0.0111. The largest absolute Gasteiger partial charge is 0.287 e. The van der Waals surface area contributed by atoms with Crippen molar-refractivity contribution in [1.29, 1.82) is 0 Å². The third-order valence-electron chi connectivity index (χ3n) is 11.2. The van der Waals surface area contributed by atoms with Gasteiger partial charge < -0.3 is 0 Å². The highest BCUT2D eigenvalue weighted by Crippen LogP contribution is 2.69. The van der Waals surface area contributed by atoms with E-state index in [9.17, 15) is 13.2 Å². The lowest BCUT2D eigenvalue weighted by Crippen LogP contribution is -2.54. The van der Waals surface area contributed by atoms with E-state index in [1.54, 1.807) is 0 Å². The Labute approximate surface area is 265 Å². The first-order chi connectivity index (χ1) is 20.3. The van der Waals surface area contributed by atoms with Crippen LogP contribution >= 0.6 is 11.8 Å². The van der Waals surface area contributed by atoms with E-state index in [0.29, 0.717) is 5.92 Å². The van der Waals surface area contributed by atoms with Gasteiger partial charge in [0.1, 0.15) is 6.10 Å². The van der Waals surface area contributed by atoms with E-state index in [2.05, 4.69) is 13.8 Å². The minimum Gasteiger partial charge on any atom is -0.287 e. The first-order valence-electron chi connectivity index (χ1n) is 16.9. The maximum Gasteiger partial charge on any atom is 0.215 e. The van der Waals surface area contributed by atoms with E-state index in [-0.39, 0.29) is 40.0 Å². The lowest BCUT2D eigenvalue weighted by molar-refractivity contribution is -0.375. The molecule has 0 aliphatic heterocycles. The van der Waals surface area contributed by atoms with Gasteiger partial charge in [0.2, 0.25) is 10.0 Å². The van der Waals surface area contributed by atoms with E-state index < -0.39 is 27.1 Å². The van der Waals surface area contributed by atoms with Crippen LogP contribution in [-0.4, -0.2) is 46.5 Å². The molecule has 0 amide bonds. The Bertz CT molecular complexity index is 1170. The molecule has 0 radical (unpaired) electrons. The van der Waals surface area contributed by atoms with Gasteiger partial charge in [0.15, 0.2) is 5.12 Å². The zero-order valence-corrected chi connectivity index (χ0v) is 28.8. The zero-order valence-electron chi connectivity index (χ0n) is 27.2. The second kappa shape index (κ2) is 13.4. The standard InChI is InChI=1S/C35H55NO5S2/c1-33(2,3)41-40-30(26-15-9-6-10-16-26)24-32(37)42-31-23-27-21-22-35(31,34(27,4)5)25-43(38,39)36(28-17-11-7-12-18-28)29-19-13-8-14-20-29/h6,9-10,15-16,27-31H,7-8,11-14,17-25H2,1-5H3. The Balaban J connectivity index is 1.37. The van der Waals surface area contributed by atoms with Crippen LogP contribution in [0.3, 0.4) is 0 Å². The molecule has 0 heterocycles. The minimum atomic E-state index is -3.52. The molecule has 4 fully saturated rings. The van der Waals surface area contributed by atoms with Gasteiger partial charge in [0, 0.05) is 22.7 Å². The number of nitrogens with zero attached hydrogens (tertiary/aromatic N) is 1. The summed E-state index contributed by atoms with van der Waals surface area (Å²) < 4.78 is 31.5. The molecule has 1 aromatic rings. The van der Waals surface area contributed by atoms with Crippen LogP contribution in [0.5, 0.6) is 0 Å². The van der Waals surface area contributed by atoms with Crippen LogP contribution in [-0.2, 0) is 24.6 Å². The monoisotopic (exact) mass is 633 g/mol. The molecule has 0 aromatic heterocycles. The van der Waals surface area contributed by atoms with Crippen LogP contribution in [0, 0.1) is 16.7 Å². The van der Waals surface area contributed by atoms with Crippen molar-refractivity contribution in [2.75, 3.05) is 5.75 Å². The molecule has 8 heteroatoms. The van der Waals surface area contributed by atoms with Gasteiger partial charge in [-0.2, -0.15) is 4.31 Å². The molecule has 4 unspecified atom stereocenters. The molecule has 0 N–H and O–H groups in total. The Morgan fingerprint density at radius 2 is 1.53 bits per heavy atom. The van der Waals surface area contributed by atoms with E-state index in [1.165, 1.54) is 24.6 Å². The Morgan fingerprint density at radius 1 is 0.953 bits per heavy atom. The summed E-state index contributed by atoms with van der Waals surface area (Å²) in [6, 6.07) is 10.1. The molecule has 0 saturated heterocycles. The molecule has 4 aliphatic carbocycles. The van der Waals surface area contributed by atoms with Gasteiger partial charge in [0.05, 0.1) is 17.8 Å². The average molecular weight is 634 g/mol. The van der Waals surface area contributed by atoms with Crippen LogP contribution in [0.25, 0.3) is 0 Å². The topological polar surface area (TPSA) is 72.9 Å². The molecular weight excluding hydrogens is 579 g/mol. The van der Waals surface area contributed by atoms with Crippen molar-refractivity contribution in [3.8, 4) is 0 Å². The van der Waals surface area contributed by atoms with Gasteiger partial charge in [-0.25, -0.2) is 18.2 Å². The predicted octanol–water partition coefficient (Wildman–Crippen LogP) is 8.62. The molecule has 4 aliphatic rings. The Hall–Kier alpha value is -0.930. The molecule has 2 bridgehead atoms. The molecule has 6 nitrogen and oxygen atoms in total. The molecule has 4 atom stereocenters. The summed E-state index contributed by atoms with van der Waals surface area (Å²) in [5, 5.41) is 0.0379. The number of carbonyl (C=O) groups is 1. The van der Waals surface area contributed by atoms with Crippen molar-refractivity contribution >= 4 is 26.9 Å². The number of fused-ring (bicyclic) bond motifs is 2. The second-order valence-corrected chi connectivity index (χ2v) is 18.5. The average Bonchev–Trinajstić information content (AvgIpc) is 3.31. The summed E-state index contributed by atoms with van der Waals surface area (Å²) in [6.45, 7) is 10.3. The van der Waals surface area contributed by atoms with Crippen LogP contribution in [0.1, 0.15) is 136 Å². The lowest BCUT2D eigenvalue weighted by Gasteiger charge is -2.46. The predicted molar refractivity (Wildman–Crippen MR) is 175 cm³/mol. The van der Waals surface area contributed by atoms with E-state index in [4.69, 9.17) is 9.78 Å².